The molecule has 1 aromatic rings. The summed E-state index contributed by atoms with van der Waals surface area (Å²) >= 11 is 6.82. The maximum atomic E-state index is 14.3. The first-order valence-corrected chi connectivity index (χ1v) is 25.9. The molecule has 0 saturated carbocycles. The zero-order valence-corrected chi connectivity index (χ0v) is 44.5. The Morgan fingerprint density at radius 2 is 1.86 bits per heavy atom. The lowest BCUT2D eigenvalue weighted by molar-refractivity contribution is -0.162. The summed E-state index contributed by atoms with van der Waals surface area (Å²) < 4.78 is 43.6. The average molecular weight is 1040 g/mol. The third-order valence-electron chi connectivity index (χ3n) is 12.6. The highest BCUT2D eigenvalue weighted by Gasteiger charge is 2.64. The van der Waals surface area contributed by atoms with Crippen LogP contribution in [0.3, 0.4) is 0 Å². The van der Waals surface area contributed by atoms with Gasteiger partial charge in [0, 0.05) is 63.4 Å². The highest BCUT2D eigenvalue weighted by atomic mass is 35.5. The number of likely N-dealkylation sites (N-methyl/N-ethyl adjacent to an activating group) is 1. The van der Waals surface area contributed by atoms with Crippen LogP contribution in [0.5, 0.6) is 5.75 Å². The van der Waals surface area contributed by atoms with Gasteiger partial charge in [-0.05, 0) is 71.6 Å². The number of ether oxygens (including phenoxy) is 8. The Bertz CT molecular complexity index is 2080. The van der Waals surface area contributed by atoms with Crippen LogP contribution in [0.2, 0.25) is 5.02 Å². The van der Waals surface area contributed by atoms with E-state index in [2.05, 4.69) is 15.4 Å². The van der Waals surface area contributed by atoms with E-state index in [1.54, 1.807) is 73.7 Å². The minimum Gasteiger partial charge on any atom is -0.495 e. The minimum atomic E-state index is -1.86. The second-order valence-corrected chi connectivity index (χ2v) is 21.9. The summed E-state index contributed by atoms with van der Waals surface area (Å²) in [4.78, 5) is 80.9. The average Bonchev–Trinajstić information content (AvgIpc) is 4.01. The van der Waals surface area contributed by atoms with E-state index in [4.69, 9.17) is 44.8 Å². The molecular weight excluding hydrogens is 972 g/mol. The Balaban J connectivity index is 1.42. The van der Waals surface area contributed by atoms with Crippen molar-refractivity contribution in [2.24, 2.45) is 5.92 Å². The molecule has 4 bridgehead atoms. The lowest BCUT2D eigenvalue weighted by atomic mass is 9.83. The number of carbonyl (C=O) groups is 6. The molecule has 4 rings (SSSR count). The number of nitrogens with zero attached hydrogens (tertiary/aromatic N) is 2. The Kier molecular flexibility index (Phi) is 22.0. The zero-order chi connectivity index (χ0) is 52.0. The number of halogens is 1. The van der Waals surface area contributed by atoms with Crippen molar-refractivity contribution in [1.29, 1.82) is 0 Å². The number of benzene rings is 1. The Hall–Kier alpha value is -4.25. The van der Waals surface area contributed by atoms with E-state index in [0.29, 0.717) is 49.4 Å². The summed E-state index contributed by atoms with van der Waals surface area (Å²) in [5.41, 5.74) is -1.06. The first kappa shape index (κ1) is 58.3. The quantitative estimate of drug-likeness (QED) is 0.0437. The van der Waals surface area contributed by atoms with Crippen LogP contribution in [0.25, 0.3) is 0 Å². The van der Waals surface area contributed by atoms with Gasteiger partial charge in [-0.15, -0.1) is 0 Å². The number of methoxy groups -OCH3 is 3. The maximum absolute atomic E-state index is 14.3. The molecule has 0 aromatic heterocycles. The summed E-state index contributed by atoms with van der Waals surface area (Å²) in [7, 11) is 10.4. The topological polar surface area (TPSA) is 230 Å². The van der Waals surface area contributed by atoms with Gasteiger partial charge in [0.05, 0.1) is 45.6 Å². The van der Waals surface area contributed by atoms with E-state index in [0.717, 1.165) is 11.1 Å². The number of anilines is 1. The van der Waals surface area contributed by atoms with Crippen LogP contribution in [0, 0.1) is 5.92 Å². The zero-order valence-electron chi connectivity index (χ0n) is 42.1. The predicted octanol–water partition coefficient (Wildman–Crippen LogP) is 6.15. The van der Waals surface area contributed by atoms with Gasteiger partial charge in [0.2, 0.25) is 17.7 Å². The second-order valence-electron chi connectivity index (χ2n) is 18.4. The van der Waals surface area contributed by atoms with Gasteiger partial charge in [0.25, 0.3) is 0 Å². The number of allylic oxidation sites excluding steroid dienone is 3. The molecule has 0 unspecified atom stereocenters. The number of epoxide rings is 1. The number of hydrogen-bond donors (Lipinski definition) is 3. The first-order chi connectivity index (χ1) is 33.0. The van der Waals surface area contributed by atoms with Gasteiger partial charge >= 0.3 is 18.2 Å². The third-order valence-corrected chi connectivity index (χ3v) is 16.4. The van der Waals surface area contributed by atoms with Crippen LogP contribution in [0.4, 0.5) is 15.3 Å². The summed E-state index contributed by atoms with van der Waals surface area (Å²) in [6, 6.07) is 2.52. The largest absolute Gasteiger partial charge is 0.508 e. The molecule has 3 N–H and O–H groups in total. The molecule has 8 atom stereocenters. The highest BCUT2D eigenvalue weighted by Crippen LogP contribution is 2.49. The van der Waals surface area contributed by atoms with E-state index in [1.807, 2.05) is 26.8 Å². The van der Waals surface area contributed by atoms with Crippen molar-refractivity contribution in [1.82, 2.24) is 15.5 Å². The number of rotatable bonds is 20. The Morgan fingerprint density at radius 1 is 1.13 bits per heavy atom. The molecule has 0 radical (unpaired) electrons. The van der Waals surface area contributed by atoms with Gasteiger partial charge in [0.1, 0.15) is 47.3 Å². The molecule has 392 valence electrons. The van der Waals surface area contributed by atoms with Crippen LogP contribution < -0.4 is 20.3 Å². The van der Waals surface area contributed by atoms with Gasteiger partial charge in [-0.2, -0.15) is 0 Å². The van der Waals surface area contributed by atoms with Crippen LogP contribution in [-0.2, 0) is 58.8 Å². The second kappa shape index (κ2) is 26.4. The lowest BCUT2D eigenvalue weighted by Gasteiger charge is -2.42. The van der Waals surface area contributed by atoms with Gasteiger partial charge in [-0.25, -0.2) is 14.4 Å². The SMILES string of the molecule is COC(=O)OCCOCCNC(=O)CCCSSC(C)(C)CCC(=O)N(C)[C@@H](C)C(=O)O[C@H]1CC(=O)N(C)c2cc(cc(OC)c2Cl)C/C(C)=C/C=C/[C@@H](OC)[C@@]2(O)C[C@H](OC(=O)N2)[C@@H](C)[C@@H]2O[C@@]12C. The van der Waals surface area contributed by atoms with E-state index in [9.17, 15) is 33.9 Å². The molecule has 19 nitrogen and oxygen atoms in total. The molecule has 2 saturated heterocycles. The van der Waals surface area contributed by atoms with E-state index < -0.39 is 71.8 Å². The number of amides is 4. The smallest absolute Gasteiger partial charge is 0.495 e. The molecule has 3 aliphatic heterocycles. The molecule has 0 aliphatic carbocycles. The van der Waals surface area contributed by atoms with Crippen molar-refractivity contribution in [3.8, 4) is 5.75 Å². The van der Waals surface area contributed by atoms with Gasteiger partial charge in [-0.1, -0.05) is 63.9 Å². The van der Waals surface area contributed by atoms with Crippen molar-refractivity contribution < 1.29 is 71.8 Å². The molecule has 2 fully saturated rings. The molecule has 22 heteroatoms. The van der Waals surface area contributed by atoms with Crippen LogP contribution in [-0.4, -0.2) is 160 Å². The minimum absolute atomic E-state index is 0.0552. The van der Waals surface area contributed by atoms with Gasteiger partial charge in [-0.3, -0.25) is 19.7 Å². The van der Waals surface area contributed by atoms with E-state index in [1.165, 1.54) is 38.2 Å². The van der Waals surface area contributed by atoms with Gasteiger partial charge in [0.15, 0.2) is 5.72 Å². The van der Waals surface area contributed by atoms with Crippen molar-refractivity contribution in [3.63, 3.8) is 0 Å². The molecule has 3 heterocycles. The van der Waals surface area contributed by atoms with Crippen LogP contribution in [0.1, 0.15) is 85.6 Å². The number of nitrogens with one attached hydrogen (secondary N) is 2. The summed E-state index contributed by atoms with van der Waals surface area (Å²) in [6.07, 6.45) is 1.50. The van der Waals surface area contributed by atoms with Crippen molar-refractivity contribution >= 4 is 74.8 Å². The van der Waals surface area contributed by atoms with Crippen molar-refractivity contribution in [3.05, 3.63) is 46.5 Å². The molecule has 3 aliphatic rings. The number of hydrogen-bond acceptors (Lipinski definition) is 17. The summed E-state index contributed by atoms with van der Waals surface area (Å²) in [5, 5.41) is 17.4. The van der Waals surface area contributed by atoms with E-state index in [-0.39, 0.29) is 60.7 Å². The Labute approximate surface area is 424 Å². The number of carbonyl (C=O) groups excluding carboxylic acids is 6. The molecule has 4 amide bonds. The number of alkyl carbamates (subject to hydrolysis) is 1. The van der Waals surface area contributed by atoms with Crippen molar-refractivity contribution in [2.45, 2.75) is 133 Å². The number of fused-ring (bicyclic) bond motifs is 5. The molecule has 70 heavy (non-hydrogen) atoms. The first-order valence-electron chi connectivity index (χ1n) is 23.2. The van der Waals surface area contributed by atoms with Crippen LogP contribution >= 0.6 is 33.2 Å². The lowest BCUT2D eigenvalue weighted by Crippen LogP contribution is -2.63. The van der Waals surface area contributed by atoms with Crippen LogP contribution in [0.15, 0.2) is 35.9 Å². The highest BCUT2D eigenvalue weighted by molar-refractivity contribution is 8.77. The molecule has 1 aromatic carbocycles. The third kappa shape index (κ3) is 16.4. The number of esters is 1. The fourth-order valence-electron chi connectivity index (χ4n) is 8.03. The maximum Gasteiger partial charge on any atom is 0.508 e. The fraction of sp³-hybridized carbons (Fsp3) is 0.667. The normalized spacial score (nSPS) is 26.5. The van der Waals surface area contributed by atoms with Gasteiger partial charge < -0.3 is 58.1 Å². The molecular formula is C48H71ClN4O15S2. The van der Waals surface area contributed by atoms with E-state index >= 15 is 0 Å². The monoisotopic (exact) mass is 1040 g/mol. The predicted molar refractivity (Wildman–Crippen MR) is 266 cm³/mol. The number of aliphatic hydroxyl groups is 1. The fourth-order valence-corrected chi connectivity index (χ4v) is 11.0. The molecule has 0 spiro atoms. The summed E-state index contributed by atoms with van der Waals surface area (Å²) in [5.74, 6) is -1.10. The standard InChI is InChI=1S/C48H71ClN4O15S2/c1-29-14-12-15-36(62-10)48(60)28-35(66-44(58)51-48)30(2)42-47(6,68-42)37(27-40(56)53(8)33-25-32(24-29)26-34(61-9)41(33)49)67-43(57)31(3)52(7)39(55)17-18-46(4,5)70-69-23-13-16-38(54)50-19-20-64-21-22-65-45(59)63-11/h12,14-15,25-26,30-31,35-37,42,60H,13,16-24,27-28H2,1-11H3,(H,50,54)(H,51,58)/b15-12+,29-14+/t30-,31+,35+,36-,37+,42+,47+,48+/m1/s1. The van der Waals surface area contributed by atoms with Crippen molar-refractivity contribution in [2.75, 3.05) is 72.4 Å². The summed E-state index contributed by atoms with van der Waals surface area (Å²) in [6.45, 7) is 11.9. The Morgan fingerprint density at radius 3 is 2.54 bits per heavy atom.